The van der Waals surface area contributed by atoms with E-state index in [0.29, 0.717) is 29.4 Å². The first kappa shape index (κ1) is 19.8. The monoisotopic (exact) mass is 328 g/mol. The molecule has 0 unspecified atom stereocenters. The normalized spacial score (nSPS) is 9.52. The molecule has 9 heteroatoms. The summed E-state index contributed by atoms with van der Waals surface area (Å²) in [4.78, 5) is 29.9. The van der Waals surface area contributed by atoms with E-state index >= 15 is 0 Å². The lowest BCUT2D eigenvalue weighted by Gasteiger charge is -2.12. The van der Waals surface area contributed by atoms with Crippen LogP contribution in [0.5, 0.6) is 17.2 Å². The lowest BCUT2D eigenvalue weighted by atomic mass is 10.2. The van der Waals surface area contributed by atoms with E-state index in [1.54, 1.807) is 0 Å². The van der Waals surface area contributed by atoms with Crippen LogP contribution in [0.1, 0.15) is 10.4 Å². The third kappa shape index (κ3) is 6.85. The van der Waals surface area contributed by atoms with Gasteiger partial charge in [0.2, 0.25) is 5.75 Å². The molecule has 1 rings (SSSR count). The number of rotatable bonds is 6. The number of benzene rings is 1. The molecule has 0 saturated carbocycles. The van der Waals surface area contributed by atoms with E-state index in [0.717, 1.165) is 0 Å². The minimum atomic E-state index is -1.26. The second kappa shape index (κ2) is 9.66. The van der Waals surface area contributed by atoms with Crippen LogP contribution in [-0.4, -0.2) is 54.6 Å². The average Bonchev–Trinajstić information content (AvgIpc) is 2.51. The van der Waals surface area contributed by atoms with Gasteiger partial charge < -0.3 is 29.5 Å². The van der Waals surface area contributed by atoms with Crippen molar-refractivity contribution in [3.05, 3.63) is 29.8 Å². The molecule has 0 aliphatic heterocycles. The van der Waals surface area contributed by atoms with E-state index in [2.05, 4.69) is 0 Å². The summed E-state index contributed by atoms with van der Waals surface area (Å²) in [6.45, 7) is 0. The van der Waals surface area contributed by atoms with E-state index < -0.39 is 17.9 Å². The molecule has 0 spiro atoms. The van der Waals surface area contributed by atoms with Gasteiger partial charge in [0.25, 0.3) is 0 Å². The zero-order valence-corrected chi connectivity index (χ0v) is 12.6. The Labute approximate surface area is 131 Å². The molecule has 126 valence electrons. The minimum absolute atomic E-state index is 0.0875. The maximum Gasteiger partial charge on any atom is 0.335 e. The molecule has 0 fully saturated rings. The van der Waals surface area contributed by atoms with Crippen LogP contribution in [0.3, 0.4) is 0 Å². The van der Waals surface area contributed by atoms with Crippen molar-refractivity contribution < 1.29 is 43.9 Å². The standard InChI is InChI=1S/C10H12O5.C4H4O4/c1-13-7-4-6(10(11)12)5-8(14-2)9(7)15-3;5-3(6)1-2-4(7)8/h4-5H,1-3H3,(H,11,12);1-2H,(H,5,6)(H,7,8)/b;2-1-. The second-order valence-electron chi connectivity index (χ2n) is 3.73. The van der Waals surface area contributed by atoms with Crippen molar-refractivity contribution in [1.29, 1.82) is 0 Å². The lowest BCUT2D eigenvalue weighted by molar-refractivity contribution is -0.134. The summed E-state index contributed by atoms with van der Waals surface area (Å²) in [6, 6.07) is 2.76. The Hall–Kier alpha value is -3.23. The van der Waals surface area contributed by atoms with Crippen LogP contribution in [0.15, 0.2) is 24.3 Å². The summed E-state index contributed by atoms with van der Waals surface area (Å²) < 4.78 is 15.1. The molecule has 9 nitrogen and oxygen atoms in total. The molecule has 0 aliphatic rings. The fraction of sp³-hybridized carbons (Fsp3) is 0.214. The highest BCUT2D eigenvalue weighted by atomic mass is 16.5. The van der Waals surface area contributed by atoms with Crippen molar-refractivity contribution in [1.82, 2.24) is 0 Å². The first-order chi connectivity index (χ1) is 10.8. The molecule has 3 N–H and O–H groups in total. The molecule has 0 bridgehead atoms. The van der Waals surface area contributed by atoms with Gasteiger partial charge in [-0.1, -0.05) is 0 Å². The van der Waals surface area contributed by atoms with Crippen LogP contribution < -0.4 is 14.2 Å². The number of carbonyl (C=O) groups is 3. The molecule has 0 saturated heterocycles. The topological polar surface area (TPSA) is 140 Å². The summed E-state index contributed by atoms with van der Waals surface area (Å²) >= 11 is 0. The van der Waals surface area contributed by atoms with Crippen LogP contribution in [0, 0.1) is 0 Å². The number of carboxylic acid groups (broad SMARTS) is 3. The van der Waals surface area contributed by atoms with E-state index in [-0.39, 0.29) is 5.56 Å². The highest BCUT2D eigenvalue weighted by Crippen LogP contribution is 2.38. The van der Waals surface area contributed by atoms with Gasteiger partial charge >= 0.3 is 17.9 Å². The van der Waals surface area contributed by atoms with Crippen molar-refractivity contribution >= 4 is 17.9 Å². The Kier molecular flexibility index (Phi) is 8.30. The van der Waals surface area contributed by atoms with E-state index in [9.17, 15) is 14.4 Å². The Morgan fingerprint density at radius 2 is 1.22 bits per heavy atom. The lowest BCUT2D eigenvalue weighted by Crippen LogP contribution is -2.01. The molecular weight excluding hydrogens is 312 g/mol. The second-order valence-corrected chi connectivity index (χ2v) is 3.73. The Morgan fingerprint density at radius 3 is 1.43 bits per heavy atom. The van der Waals surface area contributed by atoms with Crippen molar-refractivity contribution in [2.45, 2.75) is 0 Å². The zero-order chi connectivity index (χ0) is 18.0. The largest absolute Gasteiger partial charge is 0.493 e. The molecule has 1 aromatic carbocycles. The van der Waals surface area contributed by atoms with Gasteiger partial charge in [-0.15, -0.1) is 0 Å². The number of carboxylic acids is 3. The van der Waals surface area contributed by atoms with Crippen LogP contribution in [0.2, 0.25) is 0 Å². The van der Waals surface area contributed by atoms with Crippen LogP contribution in [-0.2, 0) is 9.59 Å². The van der Waals surface area contributed by atoms with Gasteiger partial charge in [0.05, 0.1) is 26.9 Å². The van der Waals surface area contributed by atoms with Gasteiger partial charge in [-0.2, -0.15) is 0 Å². The Balaban J connectivity index is 0.000000515. The Morgan fingerprint density at radius 1 is 0.826 bits per heavy atom. The molecule has 0 atom stereocenters. The summed E-state index contributed by atoms with van der Waals surface area (Å²) in [5.74, 6) is -2.53. The predicted octanol–water partition coefficient (Wildman–Crippen LogP) is 1.12. The molecule has 23 heavy (non-hydrogen) atoms. The van der Waals surface area contributed by atoms with E-state index in [1.165, 1.54) is 33.5 Å². The van der Waals surface area contributed by atoms with Crippen LogP contribution >= 0.6 is 0 Å². The number of ether oxygens (including phenoxy) is 3. The van der Waals surface area contributed by atoms with Crippen molar-refractivity contribution in [2.24, 2.45) is 0 Å². The molecule has 1 aromatic rings. The van der Waals surface area contributed by atoms with E-state index in [4.69, 9.17) is 29.5 Å². The Bertz CT molecular complexity index is 563. The predicted molar refractivity (Wildman–Crippen MR) is 77.5 cm³/mol. The first-order valence-corrected chi connectivity index (χ1v) is 5.94. The van der Waals surface area contributed by atoms with Crippen LogP contribution in [0.25, 0.3) is 0 Å². The maximum atomic E-state index is 10.8. The number of hydrogen-bond acceptors (Lipinski definition) is 6. The fourth-order valence-electron chi connectivity index (χ4n) is 1.35. The zero-order valence-electron chi connectivity index (χ0n) is 12.6. The van der Waals surface area contributed by atoms with Gasteiger partial charge in [0.1, 0.15) is 0 Å². The highest BCUT2D eigenvalue weighted by Gasteiger charge is 2.15. The molecule has 0 amide bonds. The molecule has 0 aliphatic carbocycles. The quantitative estimate of drug-likeness (QED) is 0.655. The van der Waals surface area contributed by atoms with Crippen molar-refractivity contribution in [3.63, 3.8) is 0 Å². The molecule has 0 radical (unpaired) electrons. The van der Waals surface area contributed by atoms with Gasteiger partial charge in [-0.3, -0.25) is 0 Å². The smallest absolute Gasteiger partial charge is 0.335 e. The third-order valence-corrected chi connectivity index (χ3v) is 2.28. The van der Waals surface area contributed by atoms with Gasteiger partial charge in [0.15, 0.2) is 11.5 Å². The van der Waals surface area contributed by atoms with Gasteiger partial charge in [-0.05, 0) is 12.1 Å². The minimum Gasteiger partial charge on any atom is -0.493 e. The number of aliphatic carboxylic acids is 2. The average molecular weight is 328 g/mol. The fourth-order valence-corrected chi connectivity index (χ4v) is 1.35. The number of aromatic carboxylic acids is 1. The summed E-state index contributed by atoms with van der Waals surface area (Å²) in [6.07, 6.45) is 1.12. The number of hydrogen-bond donors (Lipinski definition) is 3. The maximum absolute atomic E-state index is 10.8. The SMILES string of the molecule is COc1cc(C(=O)O)cc(OC)c1OC.O=C(O)/C=C\C(=O)O. The summed E-state index contributed by atoms with van der Waals surface area (Å²) in [5.41, 5.74) is 0.0875. The van der Waals surface area contributed by atoms with E-state index in [1.807, 2.05) is 0 Å². The first-order valence-electron chi connectivity index (χ1n) is 5.94. The van der Waals surface area contributed by atoms with Gasteiger partial charge in [-0.25, -0.2) is 14.4 Å². The summed E-state index contributed by atoms with van der Waals surface area (Å²) in [5, 5.41) is 24.5. The van der Waals surface area contributed by atoms with Gasteiger partial charge in [0, 0.05) is 12.2 Å². The number of methoxy groups -OCH3 is 3. The van der Waals surface area contributed by atoms with Crippen molar-refractivity contribution in [3.8, 4) is 17.2 Å². The summed E-state index contributed by atoms with van der Waals surface area (Å²) in [7, 11) is 4.33. The van der Waals surface area contributed by atoms with Crippen molar-refractivity contribution in [2.75, 3.05) is 21.3 Å². The molecule has 0 heterocycles. The van der Waals surface area contributed by atoms with Crippen LogP contribution in [0.4, 0.5) is 0 Å². The molecule has 0 aromatic heterocycles. The third-order valence-electron chi connectivity index (χ3n) is 2.28. The highest BCUT2D eigenvalue weighted by molar-refractivity contribution is 5.90. The molecular formula is C14H16O9.